The summed E-state index contributed by atoms with van der Waals surface area (Å²) < 4.78 is 9.87. The average Bonchev–Trinajstić information content (AvgIpc) is 2.60. The Bertz CT molecular complexity index is 715. The van der Waals surface area contributed by atoms with Crippen molar-refractivity contribution >= 4 is 11.9 Å². The van der Waals surface area contributed by atoms with E-state index in [1.165, 1.54) is 25.3 Å². The Morgan fingerprint density at radius 1 is 1.17 bits per heavy atom. The minimum absolute atomic E-state index is 0.0280. The van der Waals surface area contributed by atoms with Crippen molar-refractivity contribution in [3.8, 4) is 11.5 Å². The predicted molar refractivity (Wildman–Crippen MR) is 87.9 cm³/mol. The van der Waals surface area contributed by atoms with E-state index in [1.54, 1.807) is 0 Å². The van der Waals surface area contributed by atoms with Crippen LogP contribution in [0.25, 0.3) is 0 Å². The van der Waals surface area contributed by atoms with Gasteiger partial charge in [0, 0.05) is 6.07 Å². The van der Waals surface area contributed by atoms with Crippen molar-refractivity contribution in [2.45, 2.75) is 13.0 Å². The van der Waals surface area contributed by atoms with Gasteiger partial charge in [0.25, 0.3) is 5.91 Å². The third-order valence-corrected chi connectivity index (χ3v) is 3.44. The zero-order chi connectivity index (χ0) is 17.5. The lowest BCUT2D eigenvalue weighted by Gasteiger charge is -2.14. The van der Waals surface area contributed by atoms with Crippen LogP contribution in [0.3, 0.4) is 0 Å². The Kier molecular flexibility index (Phi) is 5.78. The number of carbonyl (C=O) groups excluding carboxylic acids is 2. The predicted octanol–water partition coefficient (Wildman–Crippen LogP) is 2.44. The molecule has 126 valence electrons. The van der Waals surface area contributed by atoms with Gasteiger partial charge in [-0.05, 0) is 24.6 Å². The number of rotatable bonds is 6. The molecule has 0 saturated heterocycles. The smallest absolute Gasteiger partial charge is 0.342 e. The lowest BCUT2D eigenvalue weighted by atomic mass is 10.1. The van der Waals surface area contributed by atoms with Gasteiger partial charge in [0.1, 0.15) is 17.1 Å². The van der Waals surface area contributed by atoms with E-state index in [4.69, 9.17) is 9.47 Å². The summed E-state index contributed by atoms with van der Waals surface area (Å²) in [6.45, 7) is 1.41. The van der Waals surface area contributed by atoms with Crippen molar-refractivity contribution in [2.24, 2.45) is 0 Å². The third-order valence-electron chi connectivity index (χ3n) is 3.44. The normalized spacial score (nSPS) is 11.4. The molecule has 0 bridgehead atoms. The van der Waals surface area contributed by atoms with Gasteiger partial charge in [-0.2, -0.15) is 0 Å². The van der Waals surface area contributed by atoms with Gasteiger partial charge in [-0.15, -0.1) is 0 Å². The first-order valence-electron chi connectivity index (χ1n) is 7.39. The van der Waals surface area contributed by atoms with E-state index < -0.39 is 18.5 Å². The molecule has 1 amide bonds. The molecule has 0 heterocycles. The summed E-state index contributed by atoms with van der Waals surface area (Å²) in [5.74, 6) is -1.05. The molecule has 0 spiro atoms. The van der Waals surface area contributed by atoms with Crippen LogP contribution in [0.5, 0.6) is 11.5 Å². The van der Waals surface area contributed by atoms with E-state index in [1.807, 2.05) is 37.3 Å². The Balaban J connectivity index is 1.88. The SMILES string of the molecule is COc1ccc(C(=O)OCC(=O)N[C@@H](C)c2ccccc2)c(O)c1. The summed E-state index contributed by atoms with van der Waals surface area (Å²) in [4.78, 5) is 23.8. The number of benzene rings is 2. The highest BCUT2D eigenvalue weighted by Gasteiger charge is 2.16. The standard InChI is InChI=1S/C18H19NO5/c1-12(13-6-4-3-5-7-13)19-17(21)11-24-18(22)15-9-8-14(23-2)10-16(15)20/h3-10,12,20H,11H2,1-2H3,(H,19,21)/t12-/m0/s1. The first-order valence-corrected chi connectivity index (χ1v) is 7.39. The van der Waals surface area contributed by atoms with E-state index in [9.17, 15) is 14.7 Å². The van der Waals surface area contributed by atoms with Crippen LogP contribution in [0.15, 0.2) is 48.5 Å². The van der Waals surface area contributed by atoms with Crippen LogP contribution in [0.4, 0.5) is 0 Å². The molecule has 1 atom stereocenters. The minimum atomic E-state index is -0.780. The summed E-state index contributed by atoms with van der Waals surface area (Å²) in [6, 6.07) is 13.4. The summed E-state index contributed by atoms with van der Waals surface area (Å²) in [7, 11) is 1.45. The maximum Gasteiger partial charge on any atom is 0.342 e. The maximum atomic E-state index is 11.9. The number of phenolic OH excluding ortho intramolecular Hbond substituents is 1. The van der Waals surface area contributed by atoms with E-state index in [2.05, 4.69) is 5.32 Å². The van der Waals surface area contributed by atoms with Crippen molar-refractivity contribution in [3.05, 3.63) is 59.7 Å². The molecular formula is C18H19NO5. The number of hydrogen-bond donors (Lipinski definition) is 2. The van der Waals surface area contributed by atoms with Gasteiger partial charge >= 0.3 is 5.97 Å². The fourth-order valence-electron chi connectivity index (χ4n) is 2.13. The van der Waals surface area contributed by atoms with Gasteiger partial charge in [-0.3, -0.25) is 4.79 Å². The van der Waals surface area contributed by atoms with Crippen molar-refractivity contribution in [1.29, 1.82) is 0 Å². The first-order chi connectivity index (χ1) is 11.5. The van der Waals surface area contributed by atoms with Gasteiger partial charge < -0.3 is 19.9 Å². The highest BCUT2D eigenvalue weighted by molar-refractivity contribution is 5.94. The van der Waals surface area contributed by atoms with Crippen LogP contribution in [-0.4, -0.2) is 30.7 Å². The number of aromatic hydroxyl groups is 1. The largest absolute Gasteiger partial charge is 0.507 e. The lowest BCUT2D eigenvalue weighted by Crippen LogP contribution is -2.31. The summed E-state index contributed by atoms with van der Waals surface area (Å²) >= 11 is 0. The second-order valence-corrected chi connectivity index (χ2v) is 5.16. The highest BCUT2D eigenvalue weighted by Crippen LogP contribution is 2.23. The molecule has 6 nitrogen and oxygen atoms in total. The van der Waals surface area contributed by atoms with Crippen molar-refractivity contribution in [3.63, 3.8) is 0 Å². The van der Waals surface area contributed by atoms with Gasteiger partial charge in [0.15, 0.2) is 6.61 Å². The van der Waals surface area contributed by atoms with Crippen molar-refractivity contribution in [2.75, 3.05) is 13.7 Å². The summed E-state index contributed by atoms with van der Waals surface area (Å²) in [5.41, 5.74) is 0.921. The molecule has 0 unspecified atom stereocenters. The van der Waals surface area contributed by atoms with Crippen molar-refractivity contribution < 1.29 is 24.2 Å². The second-order valence-electron chi connectivity index (χ2n) is 5.16. The molecular weight excluding hydrogens is 310 g/mol. The minimum Gasteiger partial charge on any atom is -0.507 e. The Morgan fingerprint density at radius 3 is 2.50 bits per heavy atom. The van der Waals surface area contributed by atoms with Crippen LogP contribution >= 0.6 is 0 Å². The molecule has 6 heteroatoms. The van der Waals surface area contributed by atoms with E-state index >= 15 is 0 Å². The van der Waals surface area contributed by atoms with Crippen LogP contribution in [0, 0.1) is 0 Å². The maximum absolute atomic E-state index is 11.9. The molecule has 0 aliphatic carbocycles. The Hall–Kier alpha value is -3.02. The zero-order valence-electron chi connectivity index (χ0n) is 13.5. The molecule has 0 fully saturated rings. The average molecular weight is 329 g/mol. The van der Waals surface area contributed by atoms with Crippen LogP contribution in [0.1, 0.15) is 28.9 Å². The number of phenols is 1. The number of nitrogens with one attached hydrogen (secondary N) is 1. The van der Waals surface area contributed by atoms with Crippen molar-refractivity contribution in [1.82, 2.24) is 5.32 Å². The van der Waals surface area contributed by atoms with E-state index in [0.29, 0.717) is 5.75 Å². The molecule has 0 aliphatic rings. The third kappa shape index (κ3) is 4.49. The van der Waals surface area contributed by atoms with Gasteiger partial charge in [0.05, 0.1) is 13.2 Å². The van der Waals surface area contributed by atoms with E-state index in [0.717, 1.165) is 5.56 Å². The molecule has 0 aliphatic heterocycles. The first kappa shape index (κ1) is 17.3. The molecule has 0 radical (unpaired) electrons. The van der Waals surface area contributed by atoms with Gasteiger partial charge in [0.2, 0.25) is 0 Å². The molecule has 0 saturated carbocycles. The summed E-state index contributed by atoms with van der Waals surface area (Å²) in [5, 5.41) is 12.5. The fourth-order valence-corrected chi connectivity index (χ4v) is 2.13. The number of ether oxygens (including phenoxy) is 2. The highest BCUT2D eigenvalue weighted by atomic mass is 16.5. The second kappa shape index (κ2) is 8.01. The molecule has 2 rings (SSSR count). The quantitative estimate of drug-likeness (QED) is 0.795. The Morgan fingerprint density at radius 2 is 1.88 bits per heavy atom. The Labute approximate surface area is 140 Å². The number of esters is 1. The van der Waals surface area contributed by atoms with Crippen LogP contribution < -0.4 is 10.1 Å². The van der Waals surface area contributed by atoms with Crippen LogP contribution in [-0.2, 0) is 9.53 Å². The number of methoxy groups -OCH3 is 1. The molecule has 0 aromatic heterocycles. The molecule has 2 aromatic carbocycles. The molecule has 2 aromatic rings. The van der Waals surface area contributed by atoms with Gasteiger partial charge in [-0.1, -0.05) is 30.3 Å². The monoisotopic (exact) mass is 329 g/mol. The number of carbonyl (C=O) groups is 2. The number of hydrogen-bond acceptors (Lipinski definition) is 5. The molecule has 2 N–H and O–H groups in total. The fraction of sp³-hybridized carbons (Fsp3) is 0.222. The van der Waals surface area contributed by atoms with Gasteiger partial charge in [-0.25, -0.2) is 4.79 Å². The zero-order valence-corrected chi connectivity index (χ0v) is 13.5. The number of amides is 1. The lowest BCUT2D eigenvalue weighted by molar-refractivity contribution is -0.124. The van der Waals surface area contributed by atoms with E-state index in [-0.39, 0.29) is 17.4 Å². The topological polar surface area (TPSA) is 84.9 Å². The van der Waals surface area contributed by atoms with Crippen LogP contribution in [0.2, 0.25) is 0 Å². The summed E-state index contributed by atoms with van der Waals surface area (Å²) in [6.07, 6.45) is 0. The molecule has 24 heavy (non-hydrogen) atoms.